The minimum atomic E-state index is -3.75. The highest BCUT2D eigenvalue weighted by Crippen LogP contribution is 2.23. The molecule has 0 aliphatic rings. The third-order valence-corrected chi connectivity index (χ3v) is 5.79. The number of carbonyl (C=O) groups is 1. The fraction of sp³-hybridized carbons (Fsp3) is 0.174. The summed E-state index contributed by atoms with van der Waals surface area (Å²) in [6.07, 6.45) is 1.01. The molecular formula is C23H23FN2O3S. The van der Waals surface area contributed by atoms with Gasteiger partial charge >= 0.3 is 0 Å². The van der Waals surface area contributed by atoms with Gasteiger partial charge in [0.25, 0.3) is 0 Å². The summed E-state index contributed by atoms with van der Waals surface area (Å²) in [5.74, 6) is -0.959. The van der Waals surface area contributed by atoms with Crippen LogP contribution in [0.1, 0.15) is 22.7 Å². The number of anilines is 1. The SMILES string of the molecule is Cc1ccc(C(NC(=O)CN(c2ccc(F)cc2)S(C)(=O)=O)c2ccccc2)cc1. The number of amides is 1. The van der Waals surface area contributed by atoms with Crippen LogP contribution in [0.2, 0.25) is 0 Å². The van der Waals surface area contributed by atoms with E-state index in [1.807, 2.05) is 61.5 Å². The topological polar surface area (TPSA) is 66.5 Å². The average molecular weight is 427 g/mol. The normalized spacial score (nSPS) is 12.2. The number of hydrogen-bond acceptors (Lipinski definition) is 3. The third-order valence-electron chi connectivity index (χ3n) is 4.65. The van der Waals surface area contributed by atoms with Crippen molar-refractivity contribution in [2.75, 3.05) is 17.1 Å². The Morgan fingerprint density at radius 3 is 2.07 bits per heavy atom. The fourth-order valence-electron chi connectivity index (χ4n) is 3.11. The number of hydrogen-bond donors (Lipinski definition) is 1. The molecule has 0 radical (unpaired) electrons. The summed E-state index contributed by atoms with van der Waals surface area (Å²) < 4.78 is 38.7. The summed E-state index contributed by atoms with van der Waals surface area (Å²) in [7, 11) is -3.75. The number of halogens is 1. The van der Waals surface area contributed by atoms with Gasteiger partial charge in [0.15, 0.2) is 0 Å². The number of sulfonamides is 1. The summed E-state index contributed by atoms with van der Waals surface area (Å²) in [6, 6.07) is 21.8. The van der Waals surface area contributed by atoms with Gasteiger partial charge in [-0.3, -0.25) is 9.10 Å². The molecule has 1 N–H and O–H groups in total. The van der Waals surface area contributed by atoms with Crippen molar-refractivity contribution in [2.24, 2.45) is 0 Å². The molecule has 1 unspecified atom stereocenters. The van der Waals surface area contributed by atoms with Gasteiger partial charge in [-0.1, -0.05) is 60.2 Å². The quantitative estimate of drug-likeness (QED) is 0.625. The summed E-state index contributed by atoms with van der Waals surface area (Å²) in [5.41, 5.74) is 3.08. The van der Waals surface area contributed by atoms with Crippen molar-refractivity contribution >= 4 is 21.6 Å². The van der Waals surface area contributed by atoms with Crippen molar-refractivity contribution < 1.29 is 17.6 Å². The van der Waals surface area contributed by atoms with Crippen LogP contribution in [-0.2, 0) is 14.8 Å². The van der Waals surface area contributed by atoms with E-state index in [1.54, 1.807) is 0 Å². The molecule has 3 aromatic rings. The molecule has 0 heterocycles. The molecule has 30 heavy (non-hydrogen) atoms. The maximum Gasteiger partial charge on any atom is 0.241 e. The smallest absolute Gasteiger partial charge is 0.241 e. The molecule has 1 atom stereocenters. The average Bonchev–Trinajstić information content (AvgIpc) is 2.72. The van der Waals surface area contributed by atoms with Crippen LogP contribution in [0.4, 0.5) is 10.1 Å². The molecule has 3 rings (SSSR count). The lowest BCUT2D eigenvalue weighted by molar-refractivity contribution is -0.120. The van der Waals surface area contributed by atoms with Crippen LogP contribution in [0, 0.1) is 12.7 Å². The first-order chi connectivity index (χ1) is 14.2. The Morgan fingerprint density at radius 2 is 1.50 bits per heavy atom. The number of rotatable bonds is 7. The lowest BCUT2D eigenvalue weighted by atomic mass is 9.98. The Labute approximate surface area is 176 Å². The fourth-order valence-corrected chi connectivity index (χ4v) is 3.96. The standard InChI is InChI=1S/C23H23FN2O3S/c1-17-8-10-19(11-9-17)23(18-6-4-3-5-7-18)25-22(27)16-26(30(2,28)29)21-14-12-20(24)13-15-21/h3-15,23H,16H2,1-2H3,(H,25,27). The van der Waals surface area contributed by atoms with Gasteiger partial charge in [-0.2, -0.15) is 0 Å². The number of nitrogens with zero attached hydrogens (tertiary/aromatic N) is 1. The Bertz CT molecular complexity index is 1100. The zero-order valence-electron chi connectivity index (χ0n) is 16.7. The van der Waals surface area contributed by atoms with E-state index in [0.29, 0.717) is 0 Å². The van der Waals surface area contributed by atoms with Crippen LogP contribution in [-0.4, -0.2) is 27.1 Å². The van der Waals surface area contributed by atoms with Gasteiger partial charge in [0, 0.05) is 0 Å². The molecule has 0 aliphatic carbocycles. The second kappa shape index (κ2) is 9.09. The first-order valence-electron chi connectivity index (χ1n) is 9.38. The predicted molar refractivity (Wildman–Crippen MR) is 116 cm³/mol. The Morgan fingerprint density at radius 1 is 0.933 bits per heavy atom. The number of carbonyl (C=O) groups excluding carboxylic acids is 1. The summed E-state index contributed by atoms with van der Waals surface area (Å²) >= 11 is 0. The first-order valence-corrected chi connectivity index (χ1v) is 11.2. The molecule has 0 bridgehead atoms. The summed E-state index contributed by atoms with van der Waals surface area (Å²) in [4.78, 5) is 12.9. The third kappa shape index (κ3) is 5.45. The van der Waals surface area contributed by atoms with E-state index in [9.17, 15) is 17.6 Å². The highest BCUT2D eigenvalue weighted by molar-refractivity contribution is 7.92. The number of nitrogens with one attached hydrogen (secondary N) is 1. The van der Waals surface area contributed by atoms with Gasteiger partial charge in [-0.25, -0.2) is 12.8 Å². The van der Waals surface area contributed by atoms with Crippen LogP contribution in [0.3, 0.4) is 0 Å². The largest absolute Gasteiger partial charge is 0.344 e. The van der Waals surface area contributed by atoms with E-state index in [-0.39, 0.29) is 5.69 Å². The van der Waals surface area contributed by atoms with Gasteiger partial charge in [0.05, 0.1) is 18.0 Å². The van der Waals surface area contributed by atoms with Crippen LogP contribution >= 0.6 is 0 Å². The Hall–Kier alpha value is -3.19. The molecular weight excluding hydrogens is 403 g/mol. The highest BCUT2D eigenvalue weighted by atomic mass is 32.2. The summed E-state index contributed by atoms with van der Waals surface area (Å²) in [5, 5.41) is 2.93. The molecule has 156 valence electrons. The molecule has 0 spiro atoms. The minimum Gasteiger partial charge on any atom is -0.344 e. The lowest BCUT2D eigenvalue weighted by Crippen LogP contribution is -2.41. The molecule has 5 nitrogen and oxygen atoms in total. The zero-order chi connectivity index (χ0) is 21.7. The van der Waals surface area contributed by atoms with E-state index in [0.717, 1.165) is 39.4 Å². The second-order valence-corrected chi connectivity index (χ2v) is 8.97. The predicted octanol–water partition coefficient (Wildman–Crippen LogP) is 3.81. The van der Waals surface area contributed by atoms with E-state index < -0.39 is 34.3 Å². The maximum absolute atomic E-state index is 13.2. The van der Waals surface area contributed by atoms with Crippen LogP contribution in [0.25, 0.3) is 0 Å². The van der Waals surface area contributed by atoms with Crippen molar-refractivity contribution in [2.45, 2.75) is 13.0 Å². The van der Waals surface area contributed by atoms with Crippen LogP contribution < -0.4 is 9.62 Å². The van der Waals surface area contributed by atoms with Gasteiger partial charge in [-0.15, -0.1) is 0 Å². The molecule has 3 aromatic carbocycles. The molecule has 0 saturated carbocycles. The van der Waals surface area contributed by atoms with E-state index in [1.165, 1.54) is 12.1 Å². The van der Waals surface area contributed by atoms with E-state index in [4.69, 9.17) is 0 Å². The van der Waals surface area contributed by atoms with Gasteiger partial charge in [0.1, 0.15) is 12.4 Å². The van der Waals surface area contributed by atoms with Crippen molar-refractivity contribution in [1.82, 2.24) is 5.32 Å². The van der Waals surface area contributed by atoms with Crippen molar-refractivity contribution in [3.05, 3.63) is 101 Å². The molecule has 0 aromatic heterocycles. The van der Waals surface area contributed by atoms with E-state index >= 15 is 0 Å². The Balaban J connectivity index is 1.87. The van der Waals surface area contributed by atoms with Crippen LogP contribution in [0.5, 0.6) is 0 Å². The van der Waals surface area contributed by atoms with Gasteiger partial charge in [-0.05, 0) is 42.3 Å². The zero-order valence-corrected chi connectivity index (χ0v) is 17.6. The lowest BCUT2D eigenvalue weighted by Gasteiger charge is -2.25. The molecule has 0 saturated heterocycles. The minimum absolute atomic E-state index is 0.223. The van der Waals surface area contributed by atoms with Crippen molar-refractivity contribution in [3.63, 3.8) is 0 Å². The molecule has 1 amide bonds. The monoisotopic (exact) mass is 426 g/mol. The molecule has 7 heteroatoms. The first kappa shape index (κ1) is 21.5. The molecule has 0 aliphatic heterocycles. The maximum atomic E-state index is 13.2. The number of aryl methyl sites for hydroxylation is 1. The van der Waals surface area contributed by atoms with Gasteiger partial charge < -0.3 is 5.32 Å². The van der Waals surface area contributed by atoms with Crippen LogP contribution in [0.15, 0.2) is 78.9 Å². The molecule has 0 fully saturated rings. The highest BCUT2D eigenvalue weighted by Gasteiger charge is 2.23. The Kier molecular flexibility index (Phi) is 6.52. The van der Waals surface area contributed by atoms with Gasteiger partial charge in [0.2, 0.25) is 15.9 Å². The second-order valence-electron chi connectivity index (χ2n) is 7.07. The van der Waals surface area contributed by atoms with Crippen molar-refractivity contribution in [3.8, 4) is 0 Å². The van der Waals surface area contributed by atoms with Crippen molar-refractivity contribution in [1.29, 1.82) is 0 Å². The summed E-state index contributed by atoms with van der Waals surface area (Å²) in [6.45, 7) is 1.56. The number of benzene rings is 3. The van der Waals surface area contributed by atoms with E-state index in [2.05, 4.69) is 5.32 Å².